The number of benzene rings is 1. The molecule has 2 heterocycles. The molecule has 0 aliphatic carbocycles. The maximum Gasteiger partial charge on any atom is 0.401 e. The van der Waals surface area contributed by atoms with Crippen molar-refractivity contribution in [1.82, 2.24) is 15.2 Å². The second-order valence-corrected chi connectivity index (χ2v) is 8.71. The average Bonchev–Trinajstić information content (AvgIpc) is 2.83. The third kappa shape index (κ3) is 6.86. The number of nitrogens with two attached hydrogens (primary N) is 2. The Labute approximate surface area is 208 Å². The Morgan fingerprint density at radius 3 is 2.56 bits per heavy atom. The van der Waals surface area contributed by atoms with Crippen LogP contribution in [0.25, 0.3) is 5.57 Å². The van der Waals surface area contributed by atoms with Gasteiger partial charge in [0.1, 0.15) is 17.3 Å². The fourth-order valence-corrected chi connectivity index (χ4v) is 4.49. The normalized spacial score (nSPS) is 19.0. The van der Waals surface area contributed by atoms with Gasteiger partial charge in [0.15, 0.2) is 0 Å². The Hall–Kier alpha value is -2.89. The monoisotopic (exact) mass is 510 g/mol. The summed E-state index contributed by atoms with van der Waals surface area (Å²) in [6.45, 7) is 1.84. The van der Waals surface area contributed by atoms with E-state index in [0.29, 0.717) is 54.6 Å². The van der Waals surface area contributed by atoms with E-state index in [9.17, 15) is 17.6 Å². The van der Waals surface area contributed by atoms with Gasteiger partial charge in [-0.3, -0.25) is 9.29 Å². The van der Waals surface area contributed by atoms with Crippen LogP contribution in [-0.2, 0) is 0 Å². The predicted octanol–water partition coefficient (Wildman–Crippen LogP) is 4.10. The van der Waals surface area contributed by atoms with E-state index < -0.39 is 24.9 Å². The lowest BCUT2D eigenvalue weighted by Gasteiger charge is -2.42. The summed E-state index contributed by atoms with van der Waals surface area (Å²) in [5.41, 5.74) is 15.6. The number of aromatic nitrogens is 1. The minimum atomic E-state index is -4.46. The molecule has 0 bridgehead atoms. The summed E-state index contributed by atoms with van der Waals surface area (Å²) in [6, 6.07) is 9.73. The first-order valence-electron chi connectivity index (χ1n) is 11.8. The number of alkyl halides is 4. The van der Waals surface area contributed by atoms with Crippen molar-refractivity contribution in [3.05, 3.63) is 53.2 Å². The van der Waals surface area contributed by atoms with E-state index in [1.165, 1.54) is 12.0 Å². The van der Waals surface area contributed by atoms with Crippen molar-refractivity contribution in [2.24, 2.45) is 5.73 Å². The second-order valence-electron chi connectivity index (χ2n) is 8.71. The molecule has 11 heteroatoms. The first-order valence-corrected chi connectivity index (χ1v) is 11.8. The van der Waals surface area contributed by atoms with Crippen molar-refractivity contribution >= 4 is 17.1 Å². The van der Waals surface area contributed by atoms with Crippen molar-refractivity contribution in [1.29, 1.82) is 0 Å². The minimum absolute atomic E-state index is 0.206. The van der Waals surface area contributed by atoms with Crippen LogP contribution in [-0.4, -0.2) is 62.2 Å². The molecule has 7 nitrogen and oxygen atoms in total. The van der Waals surface area contributed by atoms with Gasteiger partial charge in [0.05, 0.1) is 32.5 Å². The Kier molecular flexibility index (Phi) is 9.52. The molecule has 0 radical (unpaired) electrons. The zero-order valence-electron chi connectivity index (χ0n) is 20.5. The number of anilines is 2. The second kappa shape index (κ2) is 12.4. The van der Waals surface area contributed by atoms with Gasteiger partial charge < -0.3 is 26.8 Å². The molecule has 3 rings (SSSR count). The van der Waals surface area contributed by atoms with E-state index in [1.54, 1.807) is 31.2 Å². The van der Waals surface area contributed by atoms with Crippen molar-refractivity contribution in [3.8, 4) is 5.75 Å². The van der Waals surface area contributed by atoms with Gasteiger partial charge in [-0.1, -0.05) is 18.2 Å². The Morgan fingerprint density at radius 2 is 1.89 bits per heavy atom. The molecule has 0 spiro atoms. The summed E-state index contributed by atoms with van der Waals surface area (Å²) in [4.78, 5) is 5.88. The van der Waals surface area contributed by atoms with Crippen molar-refractivity contribution < 1.29 is 22.3 Å². The number of rotatable bonds is 11. The Balaban J connectivity index is 2.02. The number of methoxy groups -OCH3 is 1. The van der Waals surface area contributed by atoms with Gasteiger partial charge in [-0.2, -0.15) is 13.2 Å². The Bertz CT molecular complexity index is 1050. The molecule has 1 aliphatic heterocycles. The average molecular weight is 511 g/mol. The first kappa shape index (κ1) is 27.7. The standard InChI is InChI=1S/C25H34F4N6O/c1-16-18(17-6-3-4-7-19(17)30)14-21(31)35(15-25(27,28)29)24(16)23-20(36-2)8-9-22(34-23)33-13-12-32-11-5-10-26/h3-4,6-9,21,24,32H,5,10-15,30-31H2,1-2H3,(H,33,34)/t21-,24-/m0/s1. The number of hydrogen-bond donors (Lipinski definition) is 4. The molecule has 0 saturated carbocycles. The van der Waals surface area contributed by atoms with Gasteiger partial charge in [0.2, 0.25) is 0 Å². The highest BCUT2D eigenvalue weighted by Crippen LogP contribution is 2.45. The maximum absolute atomic E-state index is 13.6. The highest BCUT2D eigenvalue weighted by molar-refractivity contribution is 5.78. The van der Waals surface area contributed by atoms with Crippen LogP contribution in [0, 0.1) is 0 Å². The predicted molar refractivity (Wildman–Crippen MR) is 134 cm³/mol. The summed E-state index contributed by atoms with van der Waals surface area (Å²) in [7, 11) is 1.45. The lowest BCUT2D eigenvalue weighted by molar-refractivity contribution is -0.156. The molecule has 6 N–H and O–H groups in total. The van der Waals surface area contributed by atoms with Crippen LogP contribution in [0.2, 0.25) is 0 Å². The van der Waals surface area contributed by atoms with Crippen LogP contribution < -0.4 is 26.8 Å². The quantitative estimate of drug-likeness (QED) is 0.205. The molecule has 1 aliphatic rings. The molecular weight excluding hydrogens is 476 g/mol. The van der Waals surface area contributed by atoms with Crippen LogP contribution in [0.5, 0.6) is 5.75 Å². The van der Waals surface area contributed by atoms with E-state index in [-0.39, 0.29) is 13.1 Å². The van der Waals surface area contributed by atoms with Crippen LogP contribution in [0.4, 0.5) is 29.1 Å². The molecule has 1 aromatic heterocycles. The highest BCUT2D eigenvalue weighted by atomic mass is 19.4. The van der Waals surface area contributed by atoms with Crippen LogP contribution in [0.1, 0.15) is 37.1 Å². The molecule has 198 valence electrons. The fraction of sp³-hybridized carbons (Fsp3) is 0.480. The van der Waals surface area contributed by atoms with Gasteiger partial charge >= 0.3 is 6.18 Å². The lowest BCUT2D eigenvalue weighted by atomic mass is 9.85. The fourth-order valence-electron chi connectivity index (χ4n) is 4.49. The van der Waals surface area contributed by atoms with Gasteiger partial charge in [0.25, 0.3) is 0 Å². The van der Waals surface area contributed by atoms with Gasteiger partial charge in [-0.25, -0.2) is 4.98 Å². The van der Waals surface area contributed by atoms with E-state index >= 15 is 0 Å². The number of halogens is 4. The van der Waals surface area contributed by atoms with Gasteiger partial charge in [0, 0.05) is 30.8 Å². The molecule has 2 atom stereocenters. The molecule has 1 aromatic carbocycles. The van der Waals surface area contributed by atoms with E-state index in [2.05, 4.69) is 15.6 Å². The largest absolute Gasteiger partial charge is 0.495 e. The third-order valence-corrected chi connectivity index (χ3v) is 6.16. The molecule has 36 heavy (non-hydrogen) atoms. The van der Waals surface area contributed by atoms with Crippen LogP contribution in [0.15, 0.2) is 42.0 Å². The van der Waals surface area contributed by atoms with E-state index in [4.69, 9.17) is 16.2 Å². The molecule has 2 aromatic rings. The number of pyridine rings is 1. The first-order chi connectivity index (χ1) is 17.2. The van der Waals surface area contributed by atoms with Crippen molar-refractivity contribution in [3.63, 3.8) is 0 Å². The van der Waals surface area contributed by atoms with Crippen LogP contribution >= 0.6 is 0 Å². The SMILES string of the molecule is COc1ccc(NCCNCCCF)nc1[C@@H]1C(C)=C(c2ccccc2N)C[C@@H](N)N1CC(F)(F)F. The molecule has 0 amide bonds. The highest BCUT2D eigenvalue weighted by Gasteiger charge is 2.42. The summed E-state index contributed by atoms with van der Waals surface area (Å²) >= 11 is 0. The summed E-state index contributed by atoms with van der Waals surface area (Å²) in [6.07, 6.45) is -4.75. The van der Waals surface area contributed by atoms with E-state index in [0.717, 1.165) is 11.1 Å². The topological polar surface area (TPSA) is 101 Å². The Morgan fingerprint density at radius 1 is 1.14 bits per heavy atom. The summed E-state index contributed by atoms with van der Waals surface area (Å²) in [5, 5.41) is 6.27. The smallest absolute Gasteiger partial charge is 0.401 e. The lowest BCUT2D eigenvalue weighted by Crippen LogP contribution is -2.51. The number of nitrogen functional groups attached to an aromatic ring is 1. The number of nitrogens with zero attached hydrogens (tertiary/aromatic N) is 2. The molecule has 0 saturated heterocycles. The van der Waals surface area contributed by atoms with Gasteiger partial charge in [-0.15, -0.1) is 0 Å². The zero-order chi connectivity index (χ0) is 26.3. The summed E-state index contributed by atoms with van der Waals surface area (Å²) < 4.78 is 58.7. The van der Waals surface area contributed by atoms with Crippen molar-refractivity contribution in [2.45, 2.75) is 38.1 Å². The number of hydrogen-bond acceptors (Lipinski definition) is 7. The summed E-state index contributed by atoms with van der Waals surface area (Å²) in [5.74, 6) is 0.838. The number of nitrogens with one attached hydrogen (secondary N) is 2. The third-order valence-electron chi connectivity index (χ3n) is 6.16. The number of para-hydroxylation sites is 1. The maximum atomic E-state index is 13.6. The van der Waals surface area contributed by atoms with Crippen LogP contribution in [0.3, 0.4) is 0 Å². The molecule has 0 unspecified atom stereocenters. The van der Waals surface area contributed by atoms with E-state index in [1.807, 2.05) is 12.1 Å². The minimum Gasteiger partial charge on any atom is -0.495 e. The van der Waals surface area contributed by atoms with Crippen molar-refractivity contribution in [2.75, 3.05) is 51.0 Å². The van der Waals surface area contributed by atoms with Gasteiger partial charge in [-0.05, 0) is 49.2 Å². The number of ether oxygens (including phenoxy) is 1. The molecule has 0 fully saturated rings. The zero-order valence-corrected chi connectivity index (χ0v) is 20.5. The molecular formula is C25H34F4N6O.